The standard InChI is InChI=1S/C8H15NO2S/c1-2-12-7-8(10)9-3-5-11-6-4-9/h2-7H2,1H3. The van der Waals surface area contributed by atoms with E-state index < -0.39 is 0 Å². The first-order valence-electron chi connectivity index (χ1n) is 4.28. The van der Waals surface area contributed by atoms with Gasteiger partial charge in [0.05, 0.1) is 19.0 Å². The van der Waals surface area contributed by atoms with Gasteiger partial charge in [0.1, 0.15) is 0 Å². The smallest absolute Gasteiger partial charge is 0.232 e. The fraction of sp³-hybridized carbons (Fsp3) is 0.875. The number of nitrogens with zero attached hydrogens (tertiary/aromatic N) is 1. The summed E-state index contributed by atoms with van der Waals surface area (Å²) in [6.07, 6.45) is 0. The Kier molecular flexibility index (Phi) is 4.46. The molecule has 0 bridgehead atoms. The van der Waals surface area contributed by atoms with Crippen molar-refractivity contribution in [2.45, 2.75) is 6.92 Å². The molecule has 1 amide bonds. The van der Waals surface area contributed by atoms with Crippen LogP contribution < -0.4 is 0 Å². The molecule has 4 heteroatoms. The van der Waals surface area contributed by atoms with Gasteiger partial charge in [-0.3, -0.25) is 4.79 Å². The zero-order valence-corrected chi connectivity index (χ0v) is 8.23. The summed E-state index contributed by atoms with van der Waals surface area (Å²) in [4.78, 5) is 13.3. The summed E-state index contributed by atoms with van der Waals surface area (Å²) in [5.41, 5.74) is 0. The molecule has 1 saturated heterocycles. The molecular formula is C8H15NO2S. The lowest BCUT2D eigenvalue weighted by Crippen LogP contribution is -2.41. The number of hydrogen-bond donors (Lipinski definition) is 0. The van der Waals surface area contributed by atoms with Gasteiger partial charge >= 0.3 is 0 Å². The van der Waals surface area contributed by atoms with E-state index in [1.165, 1.54) is 0 Å². The number of carbonyl (C=O) groups excluding carboxylic acids is 1. The van der Waals surface area contributed by atoms with Crippen LogP contribution in [0.1, 0.15) is 6.92 Å². The molecule has 70 valence electrons. The summed E-state index contributed by atoms with van der Waals surface area (Å²) in [6, 6.07) is 0. The maximum absolute atomic E-state index is 11.4. The third-order valence-electron chi connectivity index (χ3n) is 1.79. The minimum absolute atomic E-state index is 0.255. The van der Waals surface area contributed by atoms with E-state index in [4.69, 9.17) is 4.74 Å². The molecule has 0 N–H and O–H groups in total. The molecule has 0 aromatic heterocycles. The Hall–Kier alpha value is -0.220. The zero-order valence-electron chi connectivity index (χ0n) is 7.41. The Morgan fingerprint density at radius 2 is 2.17 bits per heavy atom. The summed E-state index contributed by atoms with van der Waals surface area (Å²) in [5.74, 6) is 1.89. The minimum Gasteiger partial charge on any atom is -0.378 e. The highest BCUT2D eigenvalue weighted by atomic mass is 32.2. The van der Waals surface area contributed by atoms with Crippen molar-refractivity contribution in [1.29, 1.82) is 0 Å². The van der Waals surface area contributed by atoms with Crippen LogP contribution in [0.2, 0.25) is 0 Å². The van der Waals surface area contributed by atoms with E-state index in [9.17, 15) is 4.79 Å². The average Bonchev–Trinajstić information content (AvgIpc) is 2.15. The lowest BCUT2D eigenvalue weighted by molar-refractivity contribution is -0.132. The lowest BCUT2D eigenvalue weighted by Gasteiger charge is -2.26. The maximum Gasteiger partial charge on any atom is 0.232 e. The number of carbonyl (C=O) groups is 1. The minimum atomic E-state index is 0.255. The first-order chi connectivity index (χ1) is 5.84. The van der Waals surface area contributed by atoms with Gasteiger partial charge < -0.3 is 9.64 Å². The van der Waals surface area contributed by atoms with Gasteiger partial charge in [-0.2, -0.15) is 11.8 Å². The second kappa shape index (κ2) is 5.43. The van der Waals surface area contributed by atoms with E-state index in [1.54, 1.807) is 11.8 Å². The first-order valence-corrected chi connectivity index (χ1v) is 5.43. The van der Waals surface area contributed by atoms with Gasteiger partial charge in [-0.15, -0.1) is 0 Å². The number of ether oxygens (including phenoxy) is 1. The van der Waals surface area contributed by atoms with E-state index in [2.05, 4.69) is 6.92 Å². The van der Waals surface area contributed by atoms with Crippen molar-refractivity contribution in [3.8, 4) is 0 Å². The normalized spacial score (nSPS) is 17.9. The predicted molar refractivity (Wildman–Crippen MR) is 50.4 cm³/mol. The van der Waals surface area contributed by atoms with Crippen molar-refractivity contribution >= 4 is 17.7 Å². The molecular weight excluding hydrogens is 174 g/mol. The van der Waals surface area contributed by atoms with Crippen LogP contribution in [-0.2, 0) is 9.53 Å². The van der Waals surface area contributed by atoms with Crippen LogP contribution in [0.25, 0.3) is 0 Å². The second-order valence-electron chi connectivity index (χ2n) is 2.63. The molecule has 1 aliphatic heterocycles. The molecule has 0 radical (unpaired) electrons. The molecule has 1 rings (SSSR count). The molecule has 0 aliphatic carbocycles. The summed E-state index contributed by atoms with van der Waals surface area (Å²) in [5, 5.41) is 0. The molecule has 0 atom stereocenters. The van der Waals surface area contributed by atoms with Crippen LogP contribution in [-0.4, -0.2) is 48.6 Å². The fourth-order valence-electron chi connectivity index (χ4n) is 1.09. The summed E-state index contributed by atoms with van der Waals surface area (Å²) < 4.78 is 5.15. The van der Waals surface area contributed by atoms with Crippen molar-refractivity contribution in [3.05, 3.63) is 0 Å². The van der Waals surface area contributed by atoms with Crippen LogP contribution >= 0.6 is 11.8 Å². The van der Waals surface area contributed by atoms with Crippen molar-refractivity contribution in [2.75, 3.05) is 37.8 Å². The second-order valence-corrected chi connectivity index (χ2v) is 3.90. The van der Waals surface area contributed by atoms with Gasteiger partial charge in [0.2, 0.25) is 5.91 Å². The maximum atomic E-state index is 11.4. The van der Waals surface area contributed by atoms with Crippen LogP contribution in [0, 0.1) is 0 Å². The summed E-state index contributed by atoms with van der Waals surface area (Å²) in [7, 11) is 0. The molecule has 1 heterocycles. The Morgan fingerprint density at radius 1 is 1.50 bits per heavy atom. The Labute approximate surface area is 77.4 Å². The van der Waals surface area contributed by atoms with Gasteiger partial charge in [-0.1, -0.05) is 6.92 Å². The lowest BCUT2D eigenvalue weighted by atomic mass is 10.4. The SMILES string of the molecule is CCSCC(=O)N1CCOCC1. The predicted octanol–water partition coefficient (Wildman–Crippen LogP) is 0.598. The van der Waals surface area contributed by atoms with Crippen LogP contribution in [0.3, 0.4) is 0 Å². The van der Waals surface area contributed by atoms with E-state index in [1.807, 2.05) is 4.90 Å². The first kappa shape index (κ1) is 9.86. The molecule has 1 fully saturated rings. The van der Waals surface area contributed by atoms with Crippen molar-refractivity contribution in [1.82, 2.24) is 4.90 Å². The Morgan fingerprint density at radius 3 is 2.75 bits per heavy atom. The molecule has 1 aliphatic rings. The molecule has 0 aromatic rings. The summed E-state index contributed by atoms with van der Waals surface area (Å²) in [6.45, 7) is 4.99. The van der Waals surface area contributed by atoms with Crippen LogP contribution in [0.5, 0.6) is 0 Å². The zero-order chi connectivity index (χ0) is 8.81. The van der Waals surface area contributed by atoms with Gasteiger partial charge in [-0.25, -0.2) is 0 Å². The van der Waals surface area contributed by atoms with Gasteiger partial charge in [0.25, 0.3) is 0 Å². The van der Waals surface area contributed by atoms with Crippen molar-refractivity contribution < 1.29 is 9.53 Å². The molecule has 0 spiro atoms. The Bertz CT molecular complexity index is 146. The number of thioether (sulfide) groups is 1. The average molecular weight is 189 g/mol. The molecule has 12 heavy (non-hydrogen) atoms. The number of amides is 1. The molecule has 0 saturated carbocycles. The third kappa shape index (κ3) is 3.03. The highest BCUT2D eigenvalue weighted by molar-refractivity contribution is 7.99. The number of hydrogen-bond acceptors (Lipinski definition) is 3. The topological polar surface area (TPSA) is 29.5 Å². The highest BCUT2D eigenvalue weighted by Gasteiger charge is 2.15. The molecule has 0 unspecified atom stereocenters. The van der Waals surface area contributed by atoms with Crippen LogP contribution in [0.15, 0.2) is 0 Å². The number of rotatable bonds is 3. The van der Waals surface area contributed by atoms with Gasteiger partial charge in [0.15, 0.2) is 0 Å². The highest BCUT2D eigenvalue weighted by Crippen LogP contribution is 2.03. The molecule has 0 aromatic carbocycles. The van der Waals surface area contributed by atoms with E-state index in [-0.39, 0.29) is 5.91 Å². The van der Waals surface area contributed by atoms with Gasteiger partial charge in [0, 0.05) is 13.1 Å². The largest absolute Gasteiger partial charge is 0.378 e. The van der Waals surface area contributed by atoms with E-state index in [0.29, 0.717) is 19.0 Å². The fourth-order valence-corrected chi connectivity index (χ4v) is 1.65. The van der Waals surface area contributed by atoms with Crippen molar-refractivity contribution in [2.24, 2.45) is 0 Å². The quantitative estimate of drug-likeness (QED) is 0.651. The van der Waals surface area contributed by atoms with E-state index in [0.717, 1.165) is 18.8 Å². The Balaban J connectivity index is 2.20. The third-order valence-corrected chi connectivity index (χ3v) is 2.65. The van der Waals surface area contributed by atoms with E-state index >= 15 is 0 Å². The van der Waals surface area contributed by atoms with Crippen molar-refractivity contribution in [3.63, 3.8) is 0 Å². The number of morpholine rings is 1. The monoisotopic (exact) mass is 189 g/mol. The molecule has 3 nitrogen and oxygen atoms in total. The summed E-state index contributed by atoms with van der Waals surface area (Å²) >= 11 is 1.68. The van der Waals surface area contributed by atoms with Gasteiger partial charge in [-0.05, 0) is 5.75 Å². The van der Waals surface area contributed by atoms with Crippen LogP contribution in [0.4, 0.5) is 0 Å².